The second kappa shape index (κ2) is 13.7. The monoisotopic (exact) mass is 782 g/mol. The average molecular weight is 783 g/mol. The van der Waals surface area contributed by atoms with Crippen LogP contribution in [0.1, 0.15) is 0 Å². The smallest absolute Gasteiger partial charge is 0.188 e. The first-order chi connectivity index (χ1) is 29.8. The van der Waals surface area contributed by atoms with Crippen molar-refractivity contribution in [2.75, 3.05) is 0 Å². The lowest BCUT2D eigenvalue weighted by molar-refractivity contribution is 0.487. The molecule has 12 rings (SSSR count). The topological polar surface area (TPSA) is 19.1 Å². The normalized spacial score (nSPS) is 12.9. The molecular weight excluding hydrogens is 745 g/mol. The SMILES string of the molecule is c1ccc(-n2ccc3cccc(-c4ccc5c(c4)[Si](c4ccccc4)(c4ccccc4)c4cc(-c6ccc7c(c6)c6ccccc6n7-c6ccccc6)ccc4O5)c32)cc1. The van der Waals surface area contributed by atoms with Crippen molar-refractivity contribution >= 4 is 61.5 Å². The molecule has 0 fully saturated rings. The minimum atomic E-state index is -3.01. The first-order valence-corrected chi connectivity index (χ1v) is 22.6. The van der Waals surface area contributed by atoms with Crippen molar-refractivity contribution in [3.8, 4) is 45.1 Å². The Kier molecular flexibility index (Phi) is 7.87. The van der Waals surface area contributed by atoms with Crippen LogP contribution < -0.4 is 25.5 Å². The minimum Gasteiger partial charge on any atom is -0.458 e. The Labute approximate surface area is 349 Å². The van der Waals surface area contributed by atoms with Crippen LogP contribution in [0.25, 0.3) is 66.3 Å². The van der Waals surface area contributed by atoms with E-state index < -0.39 is 8.07 Å². The number of fused-ring (bicyclic) bond motifs is 6. The fraction of sp³-hybridized carbons (Fsp3) is 0. The molecule has 0 radical (unpaired) electrons. The number of hydrogen-bond donors (Lipinski definition) is 0. The molecule has 1 aliphatic heterocycles. The zero-order chi connectivity index (χ0) is 39.6. The van der Waals surface area contributed by atoms with Gasteiger partial charge in [-0.05, 0) is 98.1 Å². The van der Waals surface area contributed by atoms with Gasteiger partial charge in [-0.3, -0.25) is 0 Å². The van der Waals surface area contributed by atoms with Gasteiger partial charge in [0.05, 0.1) is 16.6 Å². The summed E-state index contributed by atoms with van der Waals surface area (Å²) in [4.78, 5) is 0. The number of nitrogens with zero attached hydrogens (tertiary/aromatic N) is 2. The highest BCUT2D eigenvalue weighted by Crippen LogP contribution is 2.39. The first-order valence-electron chi connectivity index (χ1n) is 20.6. The maximum absolute atomic E-state index is 7.03. The van der Waals surface area contributed by atoms with Crippen LogP contribution in [0.3, 0.4) is 0 Å². The summed E-state index contributed by atoms with van der Waals surface area (Å²) >= 11 is 0. The fourth-order valence-electron chi connectivity index (χ4n) is 9.84. The highest BCUT2D eigenvalue weighted by atomic mass is 28.3. The predicted molar refractivity (Wildman–Crippen MR) is 252 cm³/mol. The summed E-state index contributed by atoms with van der Waals surface area (Å²) in [7, 11) is -3.01. The van der Waals surface area contributed by atoms with E-state index in [1.54, 1.807) is 0 Å². The molecule has 3 nitrogen and oxygen atoms in total. The van der Waals surface area contributed by atoms with E-state index in [2.05, 4.69) is 240 Å². The van der Waals surface area contributed by atoms with Gasteiger partial charge in [0.1, 0.15) is 11.5 Å². The van der Waals surface area contributed by atoms with Gasteiger partial charge in [-0.2, -0.15) is 0 Å². The molecule has 0 aliphatic carbocycles. The van der Waals surface area contributed by atoms with Crippen LogP contribution in [0.5, 0.6) is 11.5 Å². The van der Waals surface area contributed by atoms with Crippen molar-refractivity contribution in [2.24, 2.45) is 0 Å². The molecule has 0 N–H and O–H groups in total. The molecular formula is C56H38N2OSi. The number of aromatic nitrogens is 2. The summed E-state index contributed by atoms with van der Waals surface area (Å²) in [5.74, 6) is 1.83. The van der Waals surface area contributed by atoms with E-state index in [0.717, 1.165) is 22.9 Å². The van der Waals surface area contributed by atoms with Crippen LogP contribution in [0.4, 0.5) is 0 Å². The van der Waals surface area contributed by atoms with Gasteiger partial charge in [-0.1, -0.05) is 164 Å². The number of hydrogen-bond acceptors (Lipinski definition) is 1. The summed E-state index contributed by atoms with van der Waals surface area (Å²) in [6.07, 6.45) is 2.19. The van der Waals surface area contributed by atoms with Crippen molar-refractivity contribution in [3.63, 3.8) is 0 Å². The first kappa shape index (κ1) is 34.4. The molecule has 0 saturated heterocycles. The molecule has 0 unspecified atom stereocenters. The van der Waals surface area contributed by atoms with Gasteiger partial charge in [0.25, 0.3) is 0 Å². The second-order valence-corrected chi connectivity index (χ2v) is 19.4. The zero-order valence-corrected chi connectivity index (χ0v) is 33.7. The summed E-state index contributed by atoms with van der Waals surface area (Å²) in [6, 6.07) is 82.0. The Morgan fingerprint density at radius 1 is 0.383 bits per heavy atom. The van der Waals surface area contributed by atoms with Crippen LogP contribution in [-0.4, -0.2) is 17.2 Å². The van der Waals surface area contributed by atoms with Crippen LogP contribution in [0.15, 0.2) is 231 Å². The van der Waals surface area contributed by atoms with E-state index in [0.29, 0.717) is 0 Å². The Balaban J connectivity index is 1.10. The summed E-state index contributed by atoms with van der Waals surface area (Å²) < 4.78 is 11.7. The highest BCUT2D eigenvalue weighted by Gasteiger charge is 2.48. The summed E-state index contributed by atoms with van der Waals surface area (Å²) in [5.41, 5.74) is 10.6. The molecule has 9 aromatic carbocycles. The average Bonchev–Trinajstić information content (AvgIpc) is 3.91. The molecule has 2 aromatic heterocycles. The van der Waals surface area contributed by atoms with Gasteiger partial charge in [0, 0.05) is 39.3 Å². The summed E-state index contributed by atoms with van der Waals surface area (Å²) in [6.45, 7) is 0. The van der Waals surface area contributed by atoms with E-state index in [1.807, 2.05) is 0 Å². The fourth-order valence-corrected chi connectivity index (χ4v) is 14.8. The van der Waals surface area contributed by atoms with E-state index in [9.17, 15) is 0 Å². The van der Waals surface area contributed by atoms with Crippen molar-refractivity contribution < 1.29 is 4.74 Å². The third-order valence-corrected chi connectivity index (χ3v) is 17.3. The minimum absolute atomic E-state index is 0.916. The van der Waals surface area contributed by atoms with Gasteiger partial charge >= 0.3 is 0 Å². The maximum atomic E-state index is 7.03. The van der Waals surface area contributed by atoms with Gasteiger partial charge in [-0.25, -0.2) is 0 Å². The lowest BCUT2D eigenvalue weighted by Crippen LogP contribution is -2.76. The molecule has 0 spiro atoms. The molecule has 0 amide bonds. The predicted octanol–water partition coefficient (Wildman–Crippen LogP) is 11.5. The van der Waals surface area contributed by atoms with Crippen molar-refractivity contribution in [3.05, 3.63) is 231 Å². The molecule has 0 bridgehead atoms. The van der Waals surface area contributed by atoms with Gasteiger partial charge in [0.2, 0.25) is 0 Å². The molecule has 0 saturated carbocycles. The number of benzene rings is 9. The van der Waals surface area contributed by atoms with Crippen molar-refractivity contribution in [1.29, 1.82) is 0 Å². The number of para-hydroxylation sites is 4. The second-order valence-electron chi connectivity index (χ2n) is 15.7. The van der Waals surface area contributed by atoms with Gasteiger partial charge in [0.15, 0.2) is 8.07 Å². The lowest BCUT2D eigenvalue weighted by Gasteiger charge is -2.40. The quantitative estimate of drug-likeness (QED) is 0.154. The summed E-state index contributed by atoms with van der Waals surface area (Å²) in [5, 5.41) is 8.83. The molecule has 1 aliphatic rings. The van der Waals surface area contributed by atoms with Crippen molar-refractivity contribution in [2.45, 2.75) is 0 Å². The molecule has 282 valence electrons. The third kappa shape index (κ3) is 5.21. The molecule has 11 aromatic rings. The molecule has 3 heterocycles. The van der Waals surface area contributed by atoms with Crippen LogP contribution in [0, 0.1) is 0 Å². The Morgan fingerprint density at radius 2 is 0.933 bits per heavy atom. The molecule has 0 atom stereocenters. The van der Waals surface area contributed by atoms with Gasteiger partial charge < -0.3 is 13.9 Å². The van der Waals surface area contributed by atoms with Crippen LogP contribution >= 0.6 is 0 Å². The largest absolute Gasteiger partial charge is 0.458 e. The highest BCUT2D eigenvalue weighted by molar-refractivity contribution is 7.20. The Morgan fingerprint density at radius 3 is 1.63 bits per heavy atom. The number of rotatable bonds is 6. The van der Waals surface area contributed by atoms with Crippen LogP contribution in [-0.2, 0) is 0 Å². The van der Waals surface area contributed by atoms with E-state index in [4.69, 9.17) is 4.74 Å². The van der Waals surface area contributed by atoms with Gasteiger partial charge in [-0.15, -0.1) is 0 Å². The van der Waals surface area contributed by atoms with E-state index in [1.165, 1.54) is 75.7 Å². The third-order valence-electron chi connectivity index (χ3n) is 12.5. The Hall–Kier alpha value is -7.66. The van der Waals surface area contributed by atoms with E-state index in [-0.39, 0.29) is 0 Å². The maximum Gasteiger partial charge on any atom is 0.188 e. The van der Waals surface area contributed by atoms with E-state index >= 15 is 0 Å². The number of ether oxygens (including phenoxy) is 1. The van der Waals surface area contributed by atoms with Crippen molar-refractivity contribution in [1.82, 2.24) is 9.13 Å². The standard InChI is InChI=1S/C56H38N2OSi/c1-5-17-43(18-6-1)57-35-34-39-16-15-26-47(56(39)57)42-30-33-53-55(38-42)60(45-21-9-3-10-22-45,46-23-11-4-12-24-46)54-37-41(29-32-52(54)59-53)40-28-31-51-49(36-40)48-25-13-14-27-50(48)58(51)44-19-7-2-8-20-44/h1-38H. The Bertz CT molecular complexity index is 3350. The zero-order valence-electron chi connectivity index (χ0n) is 32.7. The van der Waals surface area contributed by atoms with Crippen LogP contribution in [0.2, 0.25) is 0 Å². The lowest BCUT2D eigenvalue weighted by atomic mass is 10.0. The molecule has 4 heteroatoms. The molecule has 60 heavy (non-hydrogen) atoms.